The lowest BCUT2D eigenvalue weighted by Crippen LogP contribution is -1.98. The molecule has 0 atom stereocenters. The van der Waals surface area contributed by atoms with Crippen molar-refractivity contribution in [2.45, 2.75) is 6.92 Å². The van der Waals surface area contributed by atoms with Crippen molar-refractivity contribution in [3.8, 4) is 0 Å². The van der Waals surface area contributed by atoms with E-state index in [1.165, 1.54) is 0 Å². The third kappa shape index (κ3) is 2.21. The summed E-state index contributed by atoms with van der Waals surface area (Å²) in [5.41, 5.74) is 3.14. The number of hydrogen-bond acceptors (Lipinski definition) is 3. The van der Waals surface area contributed by atoms with Crippen molar-refractivity contribution in [2.75, 3.05) is 5.32 Å². The standard InChI is InChI=1S/C14H13BrN4/c1-9-7-10(15)3-4-12(9)18-13-11-5-6-19(2)14(11)17-8-16-13/h3-8H,1-2H3,(H,16,17,18). The molecular formula is C14H13BrN4. The van der Waals surface area contributed by atoms with Gasteiger partial charge < -0.3 is 9.88 Å². The van der Waals surface area contributed by atoms with Crippen LogP contribution in [0.25, 0.3) is 11.0 Å². The molecule has 1 N–H and O–H groups in total. The summed E-state index contributed by atoms with van der Waals surface area (Å²) in [6.07, 6.45) is 3.57. The maximum atomic E-state index is 4.33. The first-order valence-corrected chi connectivity index (χ1v) is 6.73. The van der Waals surface area contributed by atoms with Gasteiger partial charge in [-0.05, 0) is 36.8 Å². The monoisotopic (exact) mass is 316 g/mol. The number of rotatable bonds is 2. The van der Waals surface area contributed by atoms with Crippen molar-refractivity contribution in [2.24, 2.45) is 7.05 Å². The topological polar surface area (TPSA) is 42.7 Å². The van der Waals surface area contributed by atoms with Crippen molar-refractivity contribution in [3.63, 3.8) is 0 Å². The summed E-state index contributed by atoms with van der Waals surface area (Å²) in [6.45, 7) is 2.07. The first-order chi connectivity index (χ1) is 9.15. The van der Waals surface area contributed by atoms with Crippen molar-refractivity contribution < 1.29 is 0 Å². The van der Waals surface area contributed by atoms with Gasteiger partial charge in [0.15, 0.2) is 0 Å². The molecule has 4 nitrogen and oxygen atoms in total. The summed E-state index contributed by atoms with van der Waals surface area (Å²) in [5.74, 6) is 0.830. The molecule has 0 aliphatic rings. The van der Waals surface area contributed by atoms with Crippen LogP contribution in [0, 0.1) is 6.92 Å². The first kappa shape index (κ1) is 12.2. The number of aromatic nitrogens is 3. The molecule has 0 amide bonds. The number of hydrogen-bond donors (Lipinski definition) is 1. The highest BCUT2D eigenvalue weighted by atomic mass is 79.9. The quantitative estimate of drug-likeness (QED) is 0.782. The Morgan fingerprint density at radius 1 is 1.21 bits per heavy atom. The van der Waals surface area contributed by atoms with E-state index < -0.39 is 0 Å². The Labute approximate surface area is 119 Å². The highest BCUT2D eigenvalue weighted by Gasteiger charge is 2.07. The molecule has 96 valence electrons. The summed E-state index contributed by atoms with van der Waals surface area (Å²) >= 11 is 3.47. The van der Waals surface area contributed by atoms with Crippen LogP contribution in [-0.4, -0.2) is 14.5 Å². The zero-order chi connectivity index (χ0) is 13.4. The Bertz CT molecular complexity index is 748. The Kier molecular flexibility index (Phi) is 2.98. The molecule has 19 heavy (non-hydrogen) atoms. The van der Waals surface area contributed by atoms with Gasteiger partial charge in [-0.3, -0.25) is 0 Å². The molecule has 0 saturated heterocycles. The summed E-state index contributed by atoms with van der Waals surface area (Å²) in [5, 5.41) is 4.39. The summed E-state index contributed by atoms with van der Waals surface area (Å²) in [6, 6.07) is 8.15. The molecule has 0 aliphatic heterocycles. The van der Waals surface area contributed by atoms with E-state index >= 15 is 0 Å². The number of anilines is 2. The fourth-order valence-corrected chi connectivity index (χ4v) is 2.55. The van der Waals surface area contributed by atoms with Crippen LogP contribution in [0.1, 0.15) is 5.56 Å². The lowest BCUT2D eigenvalue weighted by atomic mass is 10.2. The fourth-order valence-electron chi connectivity index (χ4n) is 2.07. The second-order valence-electron chi connectivity index (χ2n) is 4.47. The second-order valence-corrected chi connectivity index (χ2v) is 5.39. The minimum absolute atomic E-state index is 0.830. The zero-order valence-electron chi connectivity index (χ0n) is 10.7. The van der Waals surface area contributed by atoms with E-state index in [1.54, 1.807) is 6.33 Å². The van der Waals surface area contributed by atoms with Crippen molar-refractivity contribution >= 4 is 38.5 Å². The Morgan fingerprint density at radius 3 is 2.84 bits per heavy atom. The number of nitrogens with one attached hydrogen (secondary N) is 1. The molecule has 3 rings (SSSR count). The highest BCUT2D eigenvalue weighted by Crippen LogP contribution is 2.26. The Hall–Kier alpha value is -1.88. The van der Waals surface area contributed by atoms with Crippen LogP contribution in [0.4, 0.5) is 11.5 Å². The zero-order valence-corrected chi connectivity index (χ0v) is 12.3. The van der Waals surface area contributed by atoms with Gasteiger partial charge >= 0.3 is 0 Å². The molecule has 0 saturated carbocycles. The molecule has 2 aromatic heterocycles. The predicted octanol–water partition coefficient (Wildman–Crippen LogP) is 3.78. The smallest absolute Gasteiger partial charge is 0.145 e. The van der Waals surface area contributed by atoms with Crippen LogP contribution in [0.15, 0.2) is 41.3 Å². The molecule has 0 spiro atoms. The average Bonchev–Trinajstić information content (AvgIpc) is 2.76. The molecule has 3 aromatic rings. The van der Waals surface area contributed by atoms with Gasteiger partial charge in [0, 0.05) is 23.4 Å². The molecule has 0 unspecified atom stereocenters. The van der Waals surface area contributed by atoms with E-state index in [0.29, 0.717) is 0 Å². The van der Waals surface area contributed by atoms with E-state index in [9.17, 15) is 0 Å². The van der Waals surface area contributed by atoms with Crippen LogP contribution in [0.2, 0.25) is 0 Å². The van der Waals surface area contributed by atoms with Crippen LogP contribution in [0.5, 0.6) is 0 Å². The number of aryl methyl sites for hydroxylation is 2. The molecule has 5 heteroatoms. The predicted molar refractivity (Wildman–Crippen MR) is 80.7 cm³/mol. The lowest BCUT2D eigenvalue weighted by molar-refractivity contribution is 0.944. The number of halogens is 1. The molecule has 0 radical (unpaired) electrons. The second kappa shape index (κ2) is 4.66. The summed E-state index contributed by atoms with van der Waals surface area (Å²) < 4.78 is 3.06. The minimum atomic E-state index is 0.830. The van der Waals surface area contributed by atoms with Crippen molar-refractivity contribution in [1.29, 1.82) is 0 Å². The molecule has 1 aromatic carbocycles. The first-order valence-electron chi connectivity index (χ1n) is 5.94. The molecule has 0 fully saturated rings. The highest BCUT2D eigenvalue weighted by molar-refractivity contribution is 9.10. The lowest BCUT2D eigenvalue weighted by Gasteiger charge is -2.10. The van der Waals surface area contributed by atoms with Gasteiger partial charge in [0.05, 0.1) is 5.39 Å². The van der Waals surface area contributed by atoms with Gasteiger partial charge in [-0.15, -0.1) is 0 Å². The SMILES string of the molecule is Cc1cc(Br)ccc1Nc1ncnc2c1ccn2C. The Balaban J connectivity index is 2.06. The van der Waals surface area contributed by atoms with Crippen molar-refractivity contribution in [1.82, 2.24) is 14.5 Å². The van der Waals surface area contributed by atoms with Gasteiger partial charge in [0.1, 0.15) is 17.8 Å². The Morgan fingerprint density at radius 2 is 2.05 bits per heavy atom. The molecule has 0 bridgehead atoms. The molecular weight excluding hydrogens is 304 g/mol. The van der Waals surface area contributed by atoms with E-state index in [4.69, 9.17) is 0 Å². The third-order valence-electron chi connectivity index (χ3n) is 3.10. The van der Waals surface area contributed by atoms with E-state index in [0.717, 1.165) is 32.6 Å². The van der Waals surface area contributed by atoms with E-state index in [2.05, 4.69) is 44.2 Å². The molecule has 0 aliphatic carbocycles. The van der Waals surface area contributed by atoms with Gasteiger partial charge in [-0.1, -0.05) is 15.9 Å². The average molecular weight is 317 g/mol. The normalized spacial score (nSPS) is 10.9. The van der Waals surface area contributed by atoms with Gasteiger partial charge in [-0.25, -0.2) is 9.97 Å². The minimum Gasteiger partial charge on any atom is -0.339 e. The van der Waals surface area contributed by atoms with Gasteiger partial charge in [-0.2, -0.15) is 0 Å². The largest absolute Gasteiger partial charge is 0.339 e. The maximum absolute atomic E-state index is 4.33. The summed E-state index contributed by atoms with van der Waals surface area (Å²) in [4.78, 5) is 8.62. The van der Waals surface area contributed by atoms with E-state index in [1.807, 2.05) is 36.0 Å². The molecule has 2 heterocycles. The number of nitrogens with zero attached hydrogens (tertiary/aromatic N) is 3. The fraction of sp³-hybridized carbons (Fsp3) is 0.143. The van der Waals surface area contributed by atoms with Gasteiger partial charge in [0.2, 0.25) is 0 Å². The van der Waals surface area contributed by atoms with Crippen LogP contribution >= 0.6 is 15.9 Å². The summed E-state index contributed by atoms with van der Waals surface area (Å²) in [7, 11) is 1.98. The number of benzene rings is 1. The van der Waals surface area contributed by atoms with Gasteiger partial charge in [0.25, 0.3) is 0 Å². The maximum Gasteiger partial charge on any atom is 0.145 e. The van der Waals surface area contributed by atoms with Crippen LogP contribution in [-0.2, 0) is 7.05 Å². The van der Waals surface area contributed by atoms with E-state index in [-0.39, 0.29) is 0 Å². The third-order valence-corrected chi connectivity index (χ3v) is 3.60. The van der Waals surface area contributed by atoms with Crippen LogP contribution < -0.4 is 5.32 Å². The number of fused-ring (bicyclic) bond motifs is 1. The van der Waals surface area contributed by atoms with Crippen LogP contribution in [0.3, 0.4) is 0 Å². The van der Waals surface area contributed by atoms with Crippen molar-refractivity contribution in [3.05, 3.63) is 46.8 Å².